The van der Waals surface area contributed by atoms with Crippen LogP contribution in [0.1, 0.15) is 38.2 Å². The number of hydrogen-bond donors (Lipinski definition) is 1. The highest BCUT2D eigenvalue weighted by molar-refractivity contribution is 5.18. The highest BCUT2D eigenvalue weighted by Crippen LogP contribution is 2.27. The van der Waals surface area contributed by atoms with Crippen molar-refractivity contribution in [2.24, 2.45) is 0 Å². The molecule has 2 nitrogen and oxygen atoms in total. The van der Waals surface area contributed by atoms with Crippen molar-refractivity contribution in [1.82, 2.24) is 10.2 Å². The van der Waals surface area contributed by atoms with Crippen LogP contribution in [-0.2, 0) is 6.42 Å². The third-order valence-corrected chi connectivity index (χ3v) is 4.82. The summed E-state index contributed by atoms with van der Waals surface area (Å²) in [7, 11) is 0. The smallest absolute Gasteiger partial charge is 0.126 e. The quantitative estimate of drug-likeness (QED) is 0.909. The number of hydrogen-bond acceptors (Lipinski definition) is 2. The first-order valence-corrected chi connectivity index (χ1v) is 7.96. The van der Waals surface area contributed by atoms with Crippen LogP contribution in [0.2, 0.25) is 0 Å². The summed E-state index contributed by atoms with van der Waals surface area (Å²) >= 11 is 0. The van der Waals surface area contributed by atoms with Gasteiger partial charge in [0.25, 0.3) is 0 Å². The Morgan fingerprint density at radius 3 is 3.00 bits per heavy atom. The Hall–Kier alpha value is -0.930. The second-order valence-corrected chi connectivity index (χ2v) is 6.42. The molecule has 0 amide bonds. The maximum absolute atomic E-state index is 13.7. The lowest BCUT2D eigenvalue weighted by Gasteiger charge is -2.36. The number of piperidine rings is 1. The van der Waals surface area contributed by atoms with Crippen LogP contribution in [0.5, 0.6) is 0 Å². The maximum Gasteiger partial charge on any atom is 0.126 e. The van der Waals surface area contributed by atoms with E-state index in [1.165, 1.54) is 38.8 Å². The normalized spacial score (nSPS) is 28.3. The molecule has 0 aliphatic carbocycles. The van der Waals surface area contributed by atoms with Gasteiger partial charge in [-0.3, -0.25) is 0 Å². The summed E-state index contributed by atoms with van der Waals surface area (Å²) in [6.07, 6.45) is 6.00. The minimum Gasteiger partial charge on any atom is -0.311 e. The zero-order chi connectivity index (χ0) is 13.9. The fourth-order valence-corrected chi connectivity index (χ4v) is 3.83. The van der Waals surface area contributed by atoms with E-state index in [2.05, 4.69) is 17.1 Å². The molecular formula is C17H25FN2. The molecule has 0 saturated carbocycles. The van der Waals surface area contributed by atoms with E-state index in [0.29, 0.717) is 12.1 Å². The second-order valence-electron chi connectivity index (χ2n) is 6.42. The fourth-order valence-electron chi connectivity index (χ4n) is 3.83. The summed E-state index contributed by atoms with van der Waals surface area (Å²) in [5, 5.41) is 3.71. The molecule has 2 aliphatic rings. The van der Waals surface area contributed by atoms with Gasteiger partial charge in [0.1, 0.15) is 5.82 Å². The summed E-state index contributed by atoms with van der Waals surface area (Å²) in [5.74, 6) is -0.0771. The third-order valence-electron chi connectivity index (χ3n) is 4.82. The first kappa shape index (κ1) is 14.0. The summed E-state index contributed by atoms with van der Waals surface area (Å²) in [4.78, 5) is 2.64. The second kappa shape index (κ2) is 6.23. The van der Waals surface area contributed by atoms with Gasteiger partial charge in [-0.15, -0.1) is 0 Å². The van der Waals surface area contributed by atoms with Crippen LogP contribution >= 0.6 is 0 Å². The van der Waals surface area contributed by atoms with Crippen LogP contribution in [0.4, 0.5) is 4.39 Å². The summed E-state index contributed by atoms with van der Waals surface area (Å²) in [6, 6.07) is 8.86. The molecule has 1 aromatic carbocycles. The van der Waals surface area contributed by atoms with E-state index in [1.807, 2.05) is 12.1 Å². The molecule has 110 valence electrons. The highest BCUT2D eigenvalue weighted by Gasteiger charge is 2.31. The number of nitrogens with zero attached hydrogens (tertiary/aromatic N) is 1. The molecule has 0 aromatic heterocycles. The van der Waals surface area contributed by atoms with Crippen LogP contribution < -0.4 is 5.32 Å². The molecule has 2 heterocycles. The molecule has 2 saturated heterocycles. The van der Waals surface area contributed by atoms with E-state index in [4.69, 9.17) is 0 Å². The van der Waals surface area contributed by atoms with Crippen molar-refractivity contribution in [2.45, 2.75) is 57.2 Å². The van der Waals surface area contributed by atoms with Gasteiger partial charge in [0.05, 0.1) is 0 Å². The molecule has 3 heteroatoms. The lowest BCUT2D eigenvalue weighted by Crippen LogP contribution is -2.48. The molecule has 0 spiro atoms. The monoisotopic (exact) mass is 276 g/mol. The van der Waals surface area contributed by atoms with Gasteiger partial charge in [0, 0.05) is 18.1 Å². The fraction of sp³-hybridized carbons (Fsp3) is 0.647. The third kappa shape index (κ3) is 3.21. The van der Waals surface area contributed by atoms with E-state index in [0.717, 1.165) is 18.0 Å². The number of fused-ring (bicyclic) bond motifs is 1. The van der Waals surface area contributed by atoms with Gasteiger partial charge >= 0.3 is 0 Å². The molecule has 1 aromatic rings. The van der Waals surface area contributed by atoms with Crippen LogP contribution in [0.25, 0.3) is 0 Å². The Morgan fingerprint density at radius 2 is 2.15 bits per heavy atom. The van der Waals surface area contributed by atoms with Crippen LogP contribution in [0, 0.1) is 5.82 Å². The van der Waals surface area contributed by atoms with Crippen molar-refractivity contribution in [2.75, 3.05) is 13.1 Å². The van der Waals surface area contributed by atoms with Crippen LogP contribution in [0.15, 0.2) is 24.3 Å². The minimum atomic E-state index is -0.0771. The van der Waals surface area contributed by atoms with Gasteiger partial charge in [0.2, 0.25) is 0 Å². The topological polar surface area (TPSA) is 15.3 Å². The molecule has 2 aliphatic heterocycles. The molecule has 1 N–H and O–H groups in total. The van der Waals surface area contributed by atoms with Crippen molar-refractivity contribution < 1.29 is 4.39 Å². The van der Waals surface area contributed by atoms with Gasteiger partial charge in [0.15, 0.2) is 0 Å². The van der Waals surface area contributed by atoms with Crippen LogP contribution in [-0.4, -0.2) is 36.1 Å². The lowest BCUT2D eigenvalue weighted by molar-refractivity contribution is 0.162. The predicted molar refractivity (Wildman–Crippen MR) is 80.3 cm³/mol. The first-order valence-electron chi connectivity index (χ1n) is 7.96. The van der Waals surface area contributed by atoms with Gasteiger partial charge in [-0.1, -0.05) is 18.2 Å². The van der Waals surface area contributed by atoms with E-state index in [9.17, 15) is 4.39 Å². The average Bonchev–Trinajstić information content (AvgIpc) is 2.89. The number of nitrogens with one attached hydrogen (secondary N) is 1. The van der Waals surface area contributed by atoms with Gasteiger partial charge in [-0.25, -0.2) is 4.39 Å². The molecule has 0 bridgehead atoms. The highest BCUT2D eigenvalue weighted by atomic mass is 19.1. The van der Waals surface area contributed by atoms with E-state index < -0.39 is 0 Å². The van der Waals surface area contributed by atoms with E-state index in [-0.39, 0.29) is 5.82 Å². The summed E-state index contributed by atoms with van der Waals surface area (Å²) in [5.41, 5.74) is 0.825. The predicted octanol–water partition coefficient (Wildman–Crippen LogP) is 2.97. The molecule has 2 fully saturated rings. The maximum atomic E-state index is 13.7. The SMILES string of the molecule is CC(Cc1ccccc1F)NC1CCN2CCCC2C1. The Morgan fingerprint density at radius 1 is 1.30 bits per heavy atom. The zero-order valence-corrected chi connectivity index (χ0v) is 12.3. The Bertz CT molecular complexity index is 448. The summed E-state index contributed by atoms with van der Waals surface area (Å²) < 4.78 is 13.7. The Kier molecular flexibility index (Phi) is 4.37. The summed E-state index contributed by atoms with van der Waals surface area (Å²) in [6.45, 7) is 4.70. The minimum absolute atomic E-state index is 0.0771. The molecule has 3 rings (SSSR count). The zero-order valence-electron chi connectivity index (χ0n) is 12.3. The largest absolute Gasteiger partial charge is 0.311 e. The number of rotatable bonds is 4. The molecule has 3 atom stereocenters. The van der Waals surface area contributed by atoms with E-state index in [1.54, 1.807) is 12.1 Å². The molecule has 0 radical (unpaired) electrons. The van der Waals surface area contributed by atoms with Crippen LogP contribution in [0.3, 0.4) is 0 Å². The lowest BCUT2D eigenvalue weighted by atomic mass is 9.96. The van der Waals surface area contributed by atoms with Gasteiger partial charge in [-0.2, -0.15) is 0 Å². The first-order chi connectivity index (χ1) is 9.72. The Labute approximate surface area is 121 Å². The van der Waals surface area contributed by atoms with Crippen molar-refractivity contribution in [3.05, 3.63) is 35.6 Å². The standard InChI is InChI=1S/C17H25FN2/c1-13(11-14-5-2-3-7-17(14)18)19-15-8-10-20-9-4-6-16(20)12-15/h2-3,5,7,13,15-16,19H,4,6,8-12H2,1H3. The number of halogens is 1. The van der Waals surface area contributed by atoms with Crippen molar-refractivity contribution >= 4 is 0 Å². The van der Waals surface area contributed by atoms with Gasteiger partial charge in [-0.05, 0) is 63.7 Å². The number of benzene rings is 1. The molecule has 20 heavy (non-hydrogen) atoms. The van der Waals surface area contributed by atoms with E-state index >= 15 is 0 Å². The van der Waals surface area contributed by atoms with Gasteiger partial charge < -0.3 is 10.2 Å². The van der Waals surface area contributed by atoms with Crippen molar-refractivity contribution in [1.29, 1.82) is 0 Å². The van der Waals surface area contributed by atoms with Crippen molar-refractivity contribution in [3.63, 3.8) is 0 Å². The molecule has 3 unspecified atom stereocenters. The molecular weight excluding hydrogens is 251 g/mol. The average molecular weight is 276 g/mol. The van der Waals surface area contributed by atoms with Crippen molar-refractivity contribution in [3.8, 4) is 0 Å². The Balaban J connectivity index is 1.51.